The third kappa shape index (κ3) is 4.57. The van der Waals surface area contributed by atoms with Gasteiger partial charge in [-0.15, -0.1) is 0 Å². The summed E-state index contributed by atoms with van der Waals surface area (Å²) in [6.07, 6.45) is 0.410. The SMILES string of the molecule is O=C(Cl)CCC#Cc1cc(F)cc(F)c1. The molecule has 1 rings (SSSR count). The van der Waals surface area contributed by atoms with Gasteiger partial charge in [0.2, 0.25) is 5.24 Å². The molecule has 0 saturated heterocycles. The minimum Gasteiger partial charge on any atom is -0.281 e. The summed E-state index contributed by atoms with van der Waals surface area (Å²) in [6, 6.07) is 3.02. The zero-order valence-corrected chi connectivity index (χ0v) is 8.44. The van der Waals surface area contributed by atoms with Crippen LogP contribution in [0.25, 0.3) is 0 Å². The Bertz CT molecular complexity index is 412. The Morgan fingerprint density at radius 3 is 2.40 bits per heavy atom. The molecule has 1 aromatic rings. The lowest BCUT2D eigenvalue weighted by molar-refractivity contribution is -0.111. The van der Waals surface area contributed by atoms with E-state index in [2.05, 4.69) is 11.8 Å². The normalized spacial score (nSPS) is 9.27. The molecule has 0 aliphatic carbocycles. The maximum atomic E-state index is 12.7. The van der Waals surface area contributed by atoms with Gasteiger partial charge in [0.15, 0.2) is 0 Å². The van der Waals surface area contributed by atoms with Crippen molar-refractivity contribution in [1.82, 2.24) is 0 Å². The Labute approximate surface area is 91.1 Å². The third-order valence-corrected chi connectivity index (χ3v) is 1.73. The fraction of sp³-hybridized carbons (Fsp3) is 0.182. The van der Waals surface area contributed by atoms with Crippen LogP contribution in [0.4, 0.5) is 8.78 Å². The number of halogens is 3. The fourth-order valence-electron chi connectivity index (χ4n) is 0.951. The Kier molecular flexibility index (Phi) is 4.26. The summed E-state index contributed by atoms with van der Waals surface area (Å²) in [5.74, 6) is 3.79. The molecular formula is C11H7ClF2O. The van der Waals surface area contributed by atoms with Gasteiger partial charge in [0.1, 0.15) is 11.6 Å². The maximum Gasteiger partial charge on any atom is 0.222 e. The second-order valence-electron chi connectivity index (χ2n) is 2.82. The van der Waals surface area contributed by atoms with E-state index in [1.54, 1.807) is 0 Å². The van der Waals surface area contributed by atoms with Crippen molar-refractivity contribution in [3.05, 3.63) is 35.4 Å². The van der Waals surface area contributed by atoms with Crippen LogP contribution in [0.2, 0.25) is 0 Å². The average Bonchev–Trinajstić information content (AvgIpc) is 2.10. The van der Waals surface area contributed by atoms with Crippen LogP contribution in [0.5, 0.6) is 0 Å². The molecule has 0 amide bonds. The fourth-order valence-corrected chi connectivity index (χ4v) is 1.05. The van der Waals surface area contributed by atoms with Gasteiger partial charge in [-0.1, -0.05) is 11.8 Å². The predicted molar refractivity (Wildman–Crippen MR) is 53.3 cm³/mol. The monoisotopic (exact) mass is 228 g/mol. The molecule has 78 valence electrons. The topological polar surface area (TPSA) is 17.1 Å². The van der Waals surface area contributed by atoms with Crippen molar-refractivity contribution in [2.75, 3.05) is 0 Å². The first kappa shape index (κ1) is 11.7. The molecule has 1 aromatic carbocycles. The second kappa shape index (κ2) is 5.47. The molecule has 0 heterocycles. The molecule has 0 bridgehead atoms. The smallest absolute Gasteiger partial charge is 0.222 e. The van der Waals surface area contributed by atoms with Gasteiger partial charge in [0, 0.05) is 24.5 Å². The summed E-state index contributed by atoms with van der Waals surface area (Å²) < 4.78 is 25.4. The summed E-state index contributed by atoms with van der Waals surface area (Å²) in [6.45, 7) is 0. The quantitative estimate of drug-likeness (QED) is 0.562. The van der Waals surface area contributed by atoms with Crippen molar-refractivity contribution in [2.24, 2.45) is 0 Å². The van der Waals surface area contributed by atoms with Gasteiger partial charge in [-0.25, -0.2) is 8.78 Å². The Morgan fingerprint density at radius 2 is 1.87 bits per heavy atom. The molecule has 0 aromatic heterocycles. The van der Waals surface area contributed by atoms with E-state index in [1.165, 1.54) is 0 Å². The van der Waals surface area contributed by atoms with Gasteiger partial charge >= 0.3 is 0 Å². The molecule has 0 saturated carbocycles. The van der Waals surface area contributed by atoms with Crippen molar-refractivity contribution in [3.63, 3.8) is 0 Å². The molecular weight excluding hydrogens is 222 g/mol. The Balaban J connectivity index is 2.67. The van der Waals surface area contributed by atoms with E-state index in [4.69, 9.17) is 11.6 Å². The van der Waals surface area contributed by atoms with E-state index < -0.39 is 16.9 Å². The van der Waals surface area contributed by atoms with Gasteiger partial charge < -0.3 is 0 Å². The lowest BCUT2D eigenvalue weighted by Gasteiger charge is -1.92. The molecule has 4 heteroatoms. The second-order valence-corrected chi connectivity index (χ2v) is 3.24. The van der Waals surface area contributed by atoms with Crippen LogP contribution in [0.3, 0.4) is 0 Å². The van der Waals surface area contributed by atoms with Gasteiger partial charge in [-0.05, 0) is 23.7 Å². The van der Waals surface area contributed by atoms with Gasteiger partial charge in [-0.3, -0.25) is 4.79 Å². The van der Waals surface area contributed by atoms with Gasteiger partial charge in [-0.2, -0.15) is 0 Å². The van der Waals surface area contributed by atoms with Crippen LogP contribution in [-0.4, -0.2) is 5.24 Å². The van der Waals surface area contributed by atoms with Crippen molar-refractivity contribution in [2.45, 2.75) is 12.8 Å². The van der Waals surface area contributed by atoms with Gasteiger partial charge in [0.25, 0.3) is 0 Å². The highest BCUT2D eigenvalue weighted by Crippen LogP contribution is 2.06. The largest absolute Gasteiger partial charge is 0.281 e. The van der Waals surface area contributed by atoms with Crippen molar-refractivity contribution in [1.29, 1.82) is 0 Å². The highest BCUT2D eigenvalue weighted by Gasteiger charge is 1.97. The minimum atomic E-state index is -0.673. The zero-order valence-electron chi connectivity index (χ0n) is 7.69. The molecule has 15 heavy (non-hydrogen) atoms. The summed E-state index contributed by atoms with van der Waals surface area (Å²) in [5, 5.41) is -0.477. The molecule has 0 atom stereocenters. The Hall–Kier alpha value is -1.40. The van der Waals surface area contributed by atoms with Crippen LogP contribution < -0.4 is 0 Å². The Morgan fingerprint density at radius 1 is 1.27 bits per heavy atom. The molecule has 0 N–H and O–H groups in total. The van der Waals surface area contributed by atoms with Crippen LogP contribution in [0, 0.1) is 23.5 Å². The van der Waals surface area contributed by atoms with Crippen LogP contribution in [-0.2, 0) is 4.79 Å². The van der Waals surface area contributed by atoms with E-state index >= 15 is 0 Å². The standard InChI is InChI=1S/C11H7ClF2O/c12-11(15)4-2-1-3-8-5-9(13)7-10(14)6-8/h5-7H,2,4H2. The van der Waals surface area contributed by atoms with Crippen LogP contribution >= 0.6 is 11.6 Å². The first-order valence-electron chi connectivity index (χ1n) is 4.21. The predicted octanol–water partition coefficient (Wildman–Crippen LogP) is 2.86. The zero-order chi connectivity index (χ0) is 11.3. The number of hydrogen-bond acceptors (Lipinski definition) is 1. The molecule has 0 spiro atoms. The number of carbonyl (C=O) groups is 1. The third-order valence-electron chi connectivity index (χ3n) is 1.54. The number of benzene rings is 1. The molecule has 1 nitrogen and oxygen atoms in total. The molecule has 0 aliphatic heterocycles. The highest BCUT2D eigenvalue weighted by molar-refractivity contribution is 6.63. The van der Waals surface area contributed by atoms with Crippen LogP contribution in [0.15, 0.2) is 18.2 Å². The number of rotatable bonds is 2. The van der Waals surface area contributed by atoms with E-state index in [0.717, 1.165) is 18.2 Å². The number of carbonyl (C=O) groups excluding carboxylic acids is 1. The van der Waals surface area contributed by atoms with E-state index in [-0.39, 0.29) is 18.4 Å². The first-order valence-corrected chi connectivity index (χ1v) is 4.59. The molecule has 0 aliphatic rings. The van der Waals surface area contributed by atoms with E-state index in [9.17, 15) is 13.6 Å². The van der Waals surface area contributed by atoms with Crippen molar-refractivity contribution < 1.29 is 13.6 Å². The summed E-state index contributed by atoms with van der Waals surface area (Å²) >= 11 is 5.08. The molecule has 0 radical (unpaired) electrons. The maximum absolute atomic E-state index is 12.7. The van der Waals surface area contributed by atoms with E-state index in [0.29, 0.717) is 0 Å². The average molecular weight is 229 g/mol. The number of hydrogen-bond donors (Lipinski definition) is 0. The summed E-state index contributed by atoms with van der Waals surface area (Å²) in [4.78, 5) is 10.3. The van der Waals surface area contributed by atoms with Crippen molar-refractivity contribution in [3.8, 4) is 11.8 Å². The molecule has 0 fully saturated rings. The summed E-state index contributed by atoms with van der Waals surface area (Å²) in [5.41, 5.74) is 0.245. The van der Waals surface area contributed by atoms with Crippen LogP contribution in [0.1, 0.15) is 18.4 Å². The first-order chi connectivity index (χ1) is 7.08. The highest BCUT2D eigenvalue weighted by atomic mass is 35.5. The lowest BCUT2D eigenvalue weighted by Crippen LogP contribution is -1.84. The lowest BCUT2D eigenvalue weighted by atomic mass is 10.2. The minimum absolute atomic E-state index is 0.131. The van der Waals surface area contributed by atoms with E-state index in [1.807, 2.05) is 0 Å². The molecule has 0 unspecified atom stereocenters. The van der Waals surface area contributed by atoms with Gasteiger partial charge in [0.05, 0.1) is 0 Å². The van der Waals surface area contributed by atoms with Crippen molar-refractivity contribution >= 4 is 16.8 Å². The summed E-state index contributed by atoms with van der Waals surface area (Å²) in [7, 11) is 0.